The van der Waals surface area contributed by atoms with Crippen LogP contribution in [0, 0.1) is 5.92 Å². The van der Waals surface area contributed by atoms with Crippen molar-refractivity contribution < 1.29 is 5.11 Å². The monoisotopic (exact) mass is 288 g/mol. The molecule has 0 spiro atoms. The van der Waals surface area contributed by atoms with Crippen molar-refractivity contribution >= 4 is 16.5 Å². The highest BCUT2D eigenvalue weighted by Gasteiger charge is 2.25. The van der Waals surface area contributed by atoms with Crippen LogP contribution in [-0.4, -0.2) is 23.2 Å². The molecule has 3 nitrogen and oxygen atoms in total. The highest BCUT2D eigenvalue weighted by Crippen LogP contribution is 2.36. The zero-order chi connectivity index (χ0) is 13.9. The van der Waals surface area contributed by atoms with Gasteiger partial charge in [-0.3, -0.25) is 0 Å². The molecule has 1 aliphatic rings. The Balaban J connectivity index is 1.91. The van der Waals surface area contributed by atoms with Gasteiger partial charge in [-0.05, 0) is 25.7 Å². The highest BCUT2D eigenvalue weighted by molar-refractivity contribution is 7.16. The molecule has 0 saturated heterocycles. The van der Waals surface area contributed by atoms with Crippen molar-refractivity contribution in [2.45, 2.75) is 26.4 Å². The van der Waals surface area contributed by atoms with Gasteiger partial charge < -0.3 is 10.0 Å². The van der Waals surface area contributed by atoms with E-state index in [0.29, 0.717) is 0 Å². The number of hydrogen-bond donors (Lipinski definition) is 1. The minimum atomic E-state index is 0.0584. The van der Waals surface area contributed by atoms with Crippen LogP contribution in [0.1, 0.15) is 24.6 Å². The van der Waals surface area contributed by atoms with Crippen molar-refractivity contribution in [2.24, 2.45) is 5.92 Å². The molecule has 0 aliphatic heterocycles. The number of aliphatic hydroxyl groups is 1. The minimum Gasteiger partial charge on any atom is -0.391 e. The zero-order valence-electron chi connectivity index (χ0n) is 11.7. The predicted octanol–water partition coefficient (Wildman–Crippen LogP) is 3.54. The fourth-order valence-electron chi connectivity index (χ4n) is 2.36. The van der Waals surface area contributed by atoms with E-state index in [-0.39, 0.29) is 6.61 Å². The maximum absolute atomic E-state index is 9.59. The van der Waals surface area contributed by atoms with Gasteiger partial charge in [-0.25, -0.2) is 4.98 Å². The van der Waals surface area contributed by atoms with E-state index in [2.05, 4.69) is 24.0 Å². The molecule has 4 heteroatoms. The molecule has 0 bridgehead atoms. The van der Waals surface area contributed by atoms with Gasteiger partial charge in [-0.15, -0.1) is 0 Å². The SMILES string of the molecule is CCN(CC1CC1)c1nc(-c2ccccc2)c(CO)s1. The Morgan fingerprint density at radius 3 is 2.65 bits per heavy atom. The fraction of sp³-hybridized carbons (Fsp3) is 0.438. The third-order valence-corrected chi connectivity index (χ3v) is 4.81. The van der Waals surface area contributed by atoms with Gasteiger partial charge in [-0.1, -0.05) is 41.7 Å². The molecule has 0 unspecified atom stereocenters. The number of benzene rings is 1. The first-order chi connectivity index (χ1) is 9.81. The summed E-state index contributed by atoms with van der Waals surface area (Å²) in [5, 5.41) is 10.6. The molecular formula is C16H20N2OS. The van der Waals surface area contributed by atoms with E-state index in [4.69, 9.17) is 4.98 Å². The molecule has 2 aromatic rings. The molecule has 1 aliphatic carbocycles. The van der Waals surface area contributed by atoms with Crippen molar-refractivity contribution in [1.29, 1.82) is 0 Å². The molecule has 0 atom stereocenters. The van der Waals surface area contributed by atoms with Crippen LogP contribution in [0.25, 0.3) is 11.3 Å². The van der Waals surface area contributed by atoms with Crippen LogP contribution in [0.3, 0.4) is 0 Å². The molecule has 3 rings (SSSR count). The quantitative estimate of drug-likeness (QED) is 0.883. The van der Waals surface area contributed by atoms with Gasteiger partial charge >= 0.3 is 0 Å². The summed E-state index contributed by atoms with van der Waals surface area (Å²) >= 11 is 1.62. The number of nitrogens with zero attached hydrogens (tertiary/aromatic N) is 2. The summed E-state index contributed by atoms with van der Waals surface area (Å²) in [5.41, 5.74) is 2.02. The van der Waals surface area contributed by atoms with E-state index < -0.39 is 0 Å². The number of anilines is 1. The summed E-state index contributed by atoms with van der Waals surface area (Å²) in [6.07, 6.45) is 2.69. The third-order valence-electron chi connectivity index (χ3n) is 3.70. The fourth-order valence-corrected chi connectivity index (χ4v) is 3.37. The minimum absolute atomic E-state index is 0.0584. The average Bonchev–Trinajstić information content (AvgIpc) is 3.22. The summed E-state index contributed by atoms with van der Waals surface area (Å²) in [7, 11) is 0. The Hall–Kier alpha value is -1.39. The lowest BCUT2D eigenvalue weighted by atomic mass is 10.1. The van der Waals surface area contributed by atoms with E-state index in [1.54, 1.807) is 11.3 Å². The van der Waals surface area contributed by atoms with Gasteiger partial charge in [0.2, 0.25) is 0 Å². The van der Waals surface area contributed by atoms with Crippen molar-refractivity contribution in [3.8, 4) is 11.3 Å². The lowest BCUT2D eigenvalue weighted by Gasteiger charge is -2.19. The van der Waals surface area contributed by atoms with Crippen LogP contribution < -0.4 is 4.90 Å². The van der Waals surface area contributed by atoms with E-state index >= 15 is 0 Å². The third kappa shape index (κ3) is 2.86. The molecule has 1 aromatic heterocycles. The summed E-state index contributed by atoms with van der Waals surface area (Å²) < 4.78 is 0. The molecule has 0 amide bonds. The van der Waals surface area contributed by atoms with Gasteiger partial charge in [-0.2, -0.15) is 0 Å². The van der Waals surface area contributed by atoms with Crippen LogP contribution in [0.4, 0.5) is 5.13 Å². The van der Waals surface area contributed by atoms with Crippen LogP contribution in [0.5, 0.6) is 0 Å². The van der Waals surface area contributed by atoms with Gasteiger partial charge in [0, 0.05) is 18.7 Å². The van der Waals surface area contributed by atoms with Crippen LogP contribution >= 0.6 is 11.3 Å². The Morgan fingerprint density at radius 1 is 1.30 bits per heavy atom. The molecule has 1 fully saturated rings. The second kappa shape index (κ2) is 5.94. The van der Waals surface area contributed by atoms with Crippen LogP contribution in [0.2, 0.25) is 0 Å². The van der Waals surface area contributed by atoms with Crippen molar-refractivity contribution in [3.63, 3.8) is 0 Å². The smallest absolute Gasteiger partial charge is 0.186 e. The molecular weight excluding hydrogens is 268 g/mol. The Kier molecular flexibility index (Phi) is 4.03. The first kappa shape index (κ1) is 13.6. The summed E-state index contributed by atoms with van der Waals surface area (Å²) in [6.45, 7) is 4.31. The molecule has 106 valence electrons. The largest absolute Gasteiger partial charge is 0.391 e. The first-order valence-corrected chi connectivity index (χ1v) is 8.04. The van der Waals surface area contributed by atoms with E-state index in [9.17, 15) is 5.11 Å². The molecule has 0 radical (unpaired) electrons. The normalized spacial score (nSPS) is 14.5. The van der Waals surface area contributed by atoms with Crippen LogP contribution in [-0.2, 0) is 6.61 Å². The van der Waals surface area contributed by atoms with Crippen molar-refractivity contribution in [3.05, 3.63) is 35.2 Å². The van der Waals surface area contributed by atoms with Gasteiger partial charge in [0.25, 0.3) is 0 Å². The Labute approximate surface area is 123 Å². The zero-order valence-corrected chi connectivity index (χ0v) is 12.6. The number of hydrogen-bond acceptors (Lipinski definition) is 4. The number of rotatable bonds is 6. The van der Waals surface area contributed by atoms with Gasteiger partial charge in [0.05, 0.1) is 17.2 Å². The second-order valence-corrected chi connectivity index (χ2v) is 6.34. The maximum atomic E-state index is 9.59. The van der Waals surface area contributed by atoms with E-state index in [1.165, 1.54) is 12.8 Å². The highest BCUT2D eigenvalue weighted by atomic mass is 32.1. The molecule has 1 N–H and O–H groups in total. The maximum Gasteiger partial charge on any atom is 0.186 e. The average molecular weight is 288 g/mol. The van der Waals surface area contributed by atoms with E-state index in [1.807, 2.05) is 18.2 Å². The molecule has 1 heterocycles. The lowest BCUT2D eigenvalue weighted by molar-refractivity contribution is 0.286. The van der Waals surface area contributed by atoms with Gasteiger partial charge in [0.15, 0.2) is 5.13 Å². The Morgan fingerprint density at radius 2 is 2.05 bits per heavy atom. The van der Waals surface area contributed by atoms with Crippen molar-refractivity contribution in [1.82, 2.24) is 4.98 Å². The van der Waals surface area contributed by atoms with Crippen molar-refractivity contribution in [2.75, 3.05) is 18.0 Å². The summed E-state index contributed by atoms with van der Waals surface area (Å²) in [4.78, 5) is 8.09. The summed E-state index contributed by atoms with van der Waals surface area (Å²) in [6, 6.07) is 10.1. The van der Waals surface area contributed by atoms with E-state index in [0.717, 1.165) is 40.3 Å². The topological polar surface area (TPSA) is 36.4 Å². The van der Waals surface area contributed by atoms with Gasteiger partial charge in [0.1, 0.15) is 0 Å². The predicted molar refractivity (Wildman–Crippen MR) is 84.1 cm³/mol. The lowest BCUT2D eigenvalue weighted by Crippen LogP contribution is -2.24. The number of aliphatic hydroxyl groups excluding tert-OH is 1. The van der Waals surface area contributed by atoms with Crippen LogP contribution in [0.15, 0.2) is 30.3 Å². The second-order valence-electron chi connectivity index (χ2n) is 5.27. The number of thiazole rings is 1. The number of aromatic nitrogens is 1. The first-order valence-electron chi connectivity index (χ1n) is 7.22. The molecule has 1 saturated carbocycles. The molecule has 20 heavy (non-hydrogen) atoms. The molecule has 1 aromatic carbocycles. The standard InChI is InChI=1S/C16H20N2OS/c1-2-18(10-12-8-9-12)16-17-15(14(11-19)20-16)13-6-4-3-5-7-13/h3-7,12,19H,2,8-11H2,1H3. The summed E-state index contributed by atoms with van der Waals surface area (Å²) in [5.74, 6) is 0.844. The Bertz CT molecular complexity index is 563.